The number of aromatic nitrogens is 2. The number of fused-ring (bicyclic) bond motifs is 1. The summed E-state index contributed by atoms with van der Waals surface area (Å²) in [6, 6.07) is 2.73. The Kier molecular flexibility index (Phi) is 4.10. The van der Waals surface area contributed by atoms with Gasteiger partial charge in [-0.3, -0.25) is 4.79 Å². The molecule has 6 heteroatoms. The van der Waals surface area contributed by atoms with Crippen LogP contribution in [0, 0.1) is 0 Å². The van der Waals surface area contributed by atoms with Gasteiger partial charge in [0.15, 0.2) is 12.0 Å². The highest BCUT2D eigenvalue weighted by atomic mass is 28.3. The summed E-state index contributed by atoms with van der Waals surface area (Å²) in [6.07, 6.45) is 4.80. The molecular formula is C17H22N2O3Si. The summed E-state index contributed by atoms with van der Waals surface area (Å²) < 4.78 is 5.40. The zero-order valence-corrected chi connectivity index (χ0v) is 14.8. The van der Waals surface area contributed by atoms with Gasteiger partial charge in [-0.25, -0.2) is 9.78 Å². The van der Waals surface area contributed by atoms with Gasteiger partial charge in [0, 0.05) is 19.7 Å². The van der Waals surface area contributed by atoms with Crippen LogP contribution in [-0.2, 0) is 4.74 Å². The Bertz CT molecular complexity index is 757. The number of rotatable bonds is 6. The van der Waals surface area contributed by atoms with Gasteiger partial charge in [-0.15, -0.1) is 0 Å². The number of pyridine rings is 1. The topological polar surface area (TPSA) is 72.0 Å². The molecule has 0 bridgehead atoms. The monoisotopic (exact) mass is 330 g/mol. The molecular weight excluding hydrogens is 308 g/mol. The second-order valence-corrected chi connectivity index (χ2v) is 13.0. The number of aldehydes is 1. The summed E-state index contributed by atoms with van der Waals surface area (Å²) in [5.74, 6) is 0.0761. The molecule has 0 aliphatic heterocycles. The minimum absolute atomic E-state index is 0.271. The van der Waals surface area contributed by atoms with Crippen LogP contribution >= 0.6 is 0 Å². The van der Waals surface area contributed by atoms with E-state index in [0.717, 1.165) is 36.1 Å². The summed E-state index contributed by atoms with van der Waals surface area (Å²) in [5.41, 5.74) is 2.47. The maximum atomic E-state index is 12.4. The lowest BCUT2D eigenvalue weighted by Crippen LogP contribution is -2.23. The van der Waals surface area contributed by atoms with Gasteiger partial charge in [0.2, 0.25) is 0 Å². The molecule has 1 fully saturated rings. The lowest BCUT2D eigenvalue weighted by molar-refractivity contribution is 0.0520. The first-order valence-electron chi connectivity index (χ1n) is 8.03. The second-order valence-electron chi connectivity index (χ2n) is 7.41. The predicted octanol–water partition coefficient (Wildman–Crippen LogP) is 3.75. The van der Waals surface area contributed by atoms with E-state index in [2.05, 4.69) is 29.6 Å². The van der Waals surface area contributed by atoms with Crippen LogP contribution in [0.1, 0.15) is 45.3 Å². The Balaban J connectivity index is 1.88. The molecule has 0 atom stereocenters. The van der Waals surface area contributed by atoms with E-state index in [0.29, 0.717) is 23.7 Å². The lowest BCUT2D eigenvalue weighted by Gasteiger charge is -2.15. The minimum atomic E-state index is -1.25. The zero-order chi connectivity index (χ0) is 16.6. The van der Waals surface area contributed by atoms with E-state index in [1.807, 2.05) is 0 Å². The molecule has 0 aromatic carbocycles. The number of aromatic amines is 1. The molecule has 23 heavy (non-hydrogen) atoms. The molecule has 2 heterocycles. The fourth-order valence-electron chi connectivity index (χ4n) is 2.61. The third-order valence-electron chi connectivity index (χ3n) is 4.14. The highest BCUT2D eigenvalue weighted by Crippen LogP contribution is 2.43. The first-order valence-corrected chi connectivity index (χ1v) is 11.7. The summed E-state index contributed by atoms with van der Waals surface area (Å²) in [4.78, 5) is 30.8. The van der Waals surface area contributed by atoms with E-state index >= 15 is 0 Å². The maximum absolute atomic E-state index is 12.4. The van der Waals surface area contributed by atoms with Crippen LogP contribution in [0.15, 0.2) is 12.3 Å². The van der Waals surface area contributed by atoms with Gasteiger partial charge in [0.25, 0.3) is 0 Å². The number of hydrogen-bond acceptors (Lipinski definition) is 4. The van der Waals surface area contributed by atoms with E-state index in [1.54, 1.807) is 12.3 Å². The van der Waals surface area contributed by atoms with E-state index in [4.69, 9.17) is 4.74 Å². The van der Waals surface area contributed by atoms with E-state index in [9.17, 15) is 9.59 Å². The van der Waals surface area contributed by atoms with Gasteiger partial charge in [0.05, 0.1) is 17.8 Å². The number of ether oxygens (including phenoxy) is 1. The molecule has 1 aliphatic carbocycles. The normalized spacial score (nSPS) is 14.9. The minimum Gasteiger partial charge on any atom is -0.461 e. The number of hydrogen-bond donors (Lipinski definition) is 1. The molecule has 122 valence electrons. The van der Waals surface area contributed by atoms with Crippen molar-refractivity contribution in [2.75, 3.05) is 6.61 Å². The van der Waals surface area contributed by atoms with Crippen molar-refractivity contribution in [3.05, 3.63) is 29.2 Å². The quantitative estimate of drug-likeness (QED) is 0.497. The van der Waals surface area contributed by atoms with Gasteiger partial charge in [-0.2, -0.15) is 0 Å². The Hall–Kier alpha value is -1.95. The zero-order valence-electron chi connectivity index (χ0n) is 13.8. The smallest absolute Gasteiger partial charge is 0.359 e. The first kappa shape index (κ1) is 15.9. The summed E-state index contributed by atoms with van der Waals surface area (Å²) in [5, 5.41) is 0.918. The average Bonchev–Trinajstić information content (AvgIpc) is 3.22. The highest BCUT2D eigenvalue weighted by molar-refractivity contribution is 6.76. The summed E-state index contributed by atoms with van der Waals surface area (Å²) in [6.45, 7) is 7.14. The Morgan fingerprint density at radius 2 is 2.17 bits per heavy atom. The van der Waals surface area contributed by atoms with Crippen molar-refractivity contribution in [2.45, 2.75) is 44.4 Å². The van der Waals surface area contributed by atoms with Crippen LogP contribution in [0.2, 0.25) is 25.7 Å². The fourth-order valence-corrected chi connectivity index (χ4v) is 3.33. The molecule has 3 rings (SSSR count). The van der Waals surface area contributed by atoms with Crippen LogP contribution in [-0.4, -0.2) is 36.9 Å². The van der Waals surface area contributed by atoms with Crippen molar-refractivity contribution in [3.8, 4) is 0 Å². The van der Waals surface area contributed by atoms with E-state index in [1.165, 1.54) is 0 Å². The Morgan fingerprint density at radius 1 is 1.43 bits per heavy atom. The average molecular weight is 330 g/mol. The van der Waals surface area contributed by atoms with E-state index < -0.39 is 14.0 Å². The summed E-state index contributed by atoms with van der Waals surface area (Å²) >= 11 is 0. The Morgan fingerprint density at radius 3 is 2.78 bits per heavy atom. The third-order valence-corrected chi connectivity index (χ3v) is 5.85. The van der Waals surface area contributed by atoms with Crippen LogP contribution in [0.3, 0.4) is 0 Å². The number of esters is 1. The van der Waals surface area contributed by atoms with Crippen LogP contribution < -0.4 is 0 Å². The number of nitrogens with zero attached hydrogens (tertiary/aromatic N) is 1. The molecule has 1 saturated carbocycles. The fraction of sp³-hybridized carbons (Fsp3) is 0.471. The van der Waals surface area contributed by atoms with Gasteiger partial charge in [0.1, 0.15) is 0 Å². The predicted molar refractivity (Wildman–Crippen MR) is 91.9 cm³/mol. The summed E-state index contributed by atoms with van der Waals surface area (Å²) in [7, 11) is -1.25. The van der Waals surface area contributed by atoms with Crippen molar-refractivity contribution in [2.24, 2.45) is 0 Å². The molecule has 0 amide bonds. The van der Waals surface area contributed by atoms with Gasteiger partial charge < -0.3 is 9.72 Å². The molecule has 0 saturated heterocycles. The number of carbonyl (C=O) groups is 2. The van der Waals surface area contributed by atoms with E-state index in [-0.39, 0.29) is 5.69 Å². The van der Waals surface area contributed by atoms with Gasteiger partial charge in [-0.1, -0.05) is 19.6 Å². The standard InChI is InChI=1S/C17H22N2O3Si/c1-23(2,3)7-6-22-17(21)16-15-13(8-12(10-20)19-15)14(9-18-16)11-4-5-11/h8-11,19H,4-7H2,1-3H3. The molecule has 2 aromatic rings. The van der Waals surface area contributed by atoms with Crippen molar-refractivity contribution >= 4 is 31.2 Å². The van der Waals surface area contributed by atoms with Crippen molar-refractivity contribution in [3.63, 3.8) is 0 Å². The SMILES string of the molecule is C[Si](C)(C)CCOC(=O)c1ncc(C2CC2)c2cc(C=O)[nH]c12. The van der Waals surface area contributed by atoms with Crippen LogP contribution in [0.4, 0.5) is 0 Å². The lowest BCUT2D eigenvalue weighted by atomic mass is 10.1. The molecule has 0 spiro atoms. The maximum Gasteiger partial charge on any atom is 0.359 e. The van der Waals surface area contributed by atoms with Crippen molar-refractivity contribution in [1.29, 1.82) is 0 Å². The first-order chi connectivity index (χ1) is 10.9. The largest absolute Gasteiger partial charge is 0.461 e. The van der Waals surface area contributed by atoms with Crippen molar-refractivity contribution < 1.29 is 14.3 Å². The van der Waals surface area contributed by atoms with Crippen LogP contribution in [0.5, 0.6) is 0 Å². The van der Waals surface area contributed by atoms with Gasteiger partial charge in [-0.05, 0) is 36.4 Å². The molecule has 1 aliphatic rings. The van der Waals surface area contributed by atoms with Crippen molar-refractivity contribution in [1.82, 2.24) is 9.97 Å². The van der Waals surface area contributed by atoms with Gasteiger partial charge >= 0.3 is 5.97 Å². The second kappa shape index (κ2) is 5.92. The molecule has 5 nitrogen and oxygen atoms in total. The Labute approximate surface area is 136 Å². The van der Waals surface area contributed by atoms with Crippen LogP contribution in [0.25, 0.3) is 10.9 Å². The number of nitrogens with one attached hydrogen (secondary N) is 1. The third kappa shape index (κ3) is 3.52. The molecule has 0 radical (unpaired) electrons. The molecule has 1 N–H and O–H groups in total. The molecule has 2 aromatic heterocycles. The highest BCUT2D eigenvalue weighted by Gasteiger charge is 2.28. The number of carbonyl (C=O) groups excluding carboxylic acids is 2. The molecule has 0 unspecified atom stereocenters. The number of H-pyrrole nitrogens is 1.